The third kappa shape index (κ3) is 3.74. The molecule has 1 aromatic carbocycles. The van der Waals surface area contributed by atoms with Crippen LogP contribution in [0.4, 0.5) is 0 Å². The largest absolute Gasteiger partial charge is 0.361 e. The normalized spacial score (nSPS) is 22.8. The molecule has 1 atom stereocenters. The number of hydrogen-bond acceptors (Lipinski definition) is 2. The molecule has 1 amide bonds. The Kier molecular flexibility index (Phi) is 4.55. The molecule has 2 heterocycles. The molecule has 25 heavy (non-hydrogen) atoms. The van der Waals surface area contributed by atoms with Crippen LogP contribution >= 0.6 is 0 Å². The third-order valence-electron chi connectivity index (χ3n) is 5.75. The molecule has 134 valence electrons. The Labute approximate surface area is 150 Å². The van der Waals surface area contributed by atoms with Crippen molar-refractivity contribution in [2.45, 2.75) is 45.7 Å². The number of nitrogens with one attached hydrogen (secondary N) is 1. The Bertz CT molecular complexity index is 746. The Morgan fingerprint density at radius 1 is 1.24 bits per heavy atom. The summed E-state index contributed by atoms with van der Waals surface area (Å²) in [7, 11) is 0. The van der Waals surface area contributed by atoms with Crippen LogP contribution in [-0.2, 0) is 11.3 Å². The molecule has 0 radical (unpaired) electrons. The van der Waals surface area contributed by atoms with E-state index in [0.717, 1.165) is 32.1 Å². The SMILES string of the molecule is CC(C)C1CN(Cc2ccc3[nH]ccc3c2)CCC(=O)N1CC1CC1. The van der Waals surface area contributed by atoms with Crippen LogP contribution in [0.2, 0.25) is 0 Å². The van der Waals surface area contributed by atoms with Crippen LogP contribution in [0.15, 0.2) is 30.5 Å². The molecule has 4 nitrogen and oxygen atoms in total. The summed E-state index contributed by atoms with van der Waals surface area (Å²) in [5.74, 6) is 1.61. The number of nitrogens with zero attached hydrogens (tertiary/aromatic N) is 2. The van der Waals surface area contributed by atoms with E-state index in [2.05, 4.69) is 52.9 Å². The average Bonchev–Trinajstić information content (AvgIpc) is 3.31. The van der Waals surface area contributed by atoms with Crippen molar-refractivity contribution in [2.75, 3.05) is 19.6 Å². The van der Waals surface area contributed by atoms with Crippen LogP contribution in [0, 0.1) is 11.8 Å². The van der Waals surface area contributed by atoms with Gasteiger partial charge < -0.3 is 9.88 Å². The van der Waals surface area contributed by atoms with Crippen LogP contribution in [0.25, 0.3) is 10.9 Å². The van der Waals surface area contributed by atoms with E-state index < -0.39 is 0 Å². The number of carbonyl (C=O) groups is 1. The van der Waals surface area contributed by atoms with Crippen LogP contribution in [0.1, 0.15) is 38.7 Å². The van der Waals surface area contributed by atoms with Gasteiger partial charge in [-0.25, -0.2) is 0 Å². The van der Waals surface area contributed by atoms with E-state index in [9.17, 15) is 4.79 Å². The summed E-state index contributed by atoms with van der Waals surface area (Å²) in [6.07, 6.45) is 5.25. The standard InChI is InChI=1S/C21H29N3O/c1-15(2)20-14-23(10-8-21(25)24(20)13-16-3-4-16)12-17-5-6-19-18(11-17)7-9-22-19/h5-7,9,11,15-16,20,22H,3-4,8,10,12-14H2,1-2H3. The van der Waals surface area contributed by atoms with Crippen LogP contribution in [-0.4, -0.2) is 46.4 Å². The first-order valence-electron chi connectivity index (χ1n) is 9.68. The summed E-state index contributed by atoms with van der Waals surface area (Å²) >= 11 is 0. The van der Waals surface area contributed by atoms with Crippen molar-refractivity contribution in [3.63, 3.8) is 0 Å². The lowest BCUT2D eigenvalue weighted by Crippen LogP contribution is -2.47. The highest BCUT2D eigenvalue weighted by molar-refractivity contribution is 5.80. The van der Waals surface area contributed by atoms with Gasteiger partial charge in [-0.15, -0.1) is 0 Å². The highest BCUT2D eigenvalue weighted by Gasteiger charge is 2.35. The van der Waals surface area contributed by atoms with E-state index in [1.54, 1.807) is 0 Å². The second-order valence-electron chi connectivity index (χ2n) is 8.19. The Morgan fingerprint density at radius 2 is 2.08 bits per heavy atom. The third-order valence-corrected chi connectivity index (χ3v) is 5.75. The molecule has 1 aromatic heterocycles. The molecule has 1 aliphatic carbocycles. The molecule has 1 aliphatic heterocycles. The number of H-pyrrole nitrogens is 1. The second-order valence-corrected chi connectivity index (χ2v) is 8.19. The quantitative estimate of drug-likeness (QED) is 0.903. The molecule has 2 aliphatic rings. The number of amides is 1. The molecule has 0 spiro atoms. The predicted octanol–water partition coefficient (Wildman–Crippen LogP) is 3.64. The van der Waals surface area contributed by atoms with Crippen LogP contribution in [0.3, 0.4) is 0 Å². The van der Waals surface area contributed by atoms with E-state index in [1.165, 1.54) is 29.3 Å². The number of benzene rings is 1. The van der Waals surface area contributed by atoms with E-state index in [1.807, 2.05) is 6.20 Å². The van der Waals surface area contributed by atoms with Gasteiger partial charge in [0.05, 0.1) is 0 Å². The maximum atomic E-state index is 12.7. The van der Waals surface area contributed by atoms with Gasteiger partial charge in [-0.2, -0.15) is 0 Å². The average molecular weight is 339 g/mol. The molecule has 1 saturated carbocycles. The fourth-order valence-electron chi connectivity index (χ4n) is 4.03. The fraction of sp³-hybridized carbons (Fsp3) is 0.571. The highest BCUT2D eigenvalue weighted by atomic mass is 16.2. The Balaban J connectivity index is 1.50. The van der Waals surface area contributed by atoms with E-state index >= 15 is 0 Å². The van der Waals surface area contributed by atoms with Gasteiger partial charge in [0, 0.05) is 50.4 Å². The molecule has 4 rings (SSSR count). The van der Waals surface area contributed by atoms with Crippen molar-refractivity contribution in [1.29, 1.82) is 0 Å². The number of aromatic nitrogens is 1. The van der Waals surface area contributed by atoms with Gasteiger partial charge in [0.2, 0.25) is 5.91 Å². The fourth-order valence-corrected chi connectivity index (χ4v) is 4.03. The summed E-state index contributed by atoms with van der Waals surface area (Å²) in [6.45, 7) is 8.27. The first-order chi connectivity index (χ1) is 12.1. The lowest BCUT2D eigenvalue weighted by molar-refractivity contribution is -0.133. The lowest BCUT2D eigenvalue weighted by Gasteiger charge is -2.35. The number of aromatic amines is 1. The maximum absolute atomic E-state index is 12.7. The van der Waals surface area contributed by atoms with Gasteiger partial charge in [0.1, 0.15) is 0 Å². The first kappa shape index (κ1) is 16.6. The molecule has 2 aromatic rings. The Morgan fingerprint density at radius 3 is 2.84 bits per heavy atom. The van der Waals surface area contributed by atoms with Gasteiger partial charge in [0.15, 0.2) is 0 Å². The summed E-state index contributed by atoms with van der Waals surface area (Å²) < 4.78 is 0. The molecule has 0 bridgehead atoms. The minimum absolute atomic E-state index is 0.339. The molecule has 1 N–H and O–H groups in total. The summed E-state index contributed by atoms with van der Waals surface area (Å²) in [4.78, 5) is 20.7. The molecule has 1 saturated heterocycles. The van der Waals surface area contributed by atoms with Gasteiger partial charge in [-0.3, -0.25) is 9.69 Å². The van der Waals surface area contributed by atoms with Crippen molar-refractivity contribution in [1.82, 2.24) is 14.8 Å². The lowest BCUT2D eigenvalue weighted by atomic mass is 10.0. The van der Waals surface area contributed by atoms with E-state index in [4.69, 9.17) is 0 Å². The van der Waals surface area contributed by atoms with Gasteiger partial charge >= 0.3 is 0 Å². The minimum Gasteiger partial charge on any atom is -0.361 e. The van der Waals surface area contributed by atoms with Gasteiger partial charge in [-0.05, 0) is 53.8 Å². The summed E-state index contributed by atoms with van der Waals surface area (Å²) in [5, 5.41) is 1.26. The molecular formula is C21H29N3O. The summed E-state index contributed by atoms with van der Waals surface area (Å²) in [5.41, 5.74) is 2.52. The smallest absolute Gasteiger partial charge is 0.224 e. The number of fused-ring (bicyclic) bond motifs is 1. The zero-order valence-corrected chi connectivity index (χ0v) is 15.4. The minimum atomic E-state index is 0.339. The molecule has 2 fully saturated rings. The molecule has 4 heteroatoms. The highest BCUT2D eigenvalue weighted by Crippen LogP contribution is 2.32. The van der Waals surface area contributed by atoms with Gasteiger partial charge in [-0.1, -0.05) is 19.9 Å². The number of carbonyl (C=O) groups excluding carboxylic acids is 1. The summed E-state index contributed by atoms with van der Waals surface area (Å²) in [6, 6.07) is 9.10. The topological polar surface area (TPSA) is 39.3 Å². The van der Waals surface area contributed by atoms with Crippen LogP contribution in [0.5, 0.6) is 0 Å². The molecular weight excluding hydrogens is 310 g/mol. The van der Waals surface area contributed by atoms with Crippen molar-refractivity contribution in [3.05, 3.63) is 36.0 Å². The van der Waals surface area contributed by atoms with Crippen molar-refractivity contribution >= 4 is 16.8 Å². The number of hydrogen-bond donors (Lipinski definition) is 1. The van der Waals surface area contributed by atoms with Crippen molar-refractivity contribution in [2.24, 2.45) is 11.8 Å². The number of rotatable bonds is 5. The van der Waals surface area contributed by atoms with Crippen molar-refractivity contribution in [3.8, 4) is 0 Å². The van der Waals surface area contributed by atoms with E-state index in [-0.39, 0.29) is 0 Å². The Hall–Kier alpha value is -1.81. The monoisotopic (exact) mass is 339 g/mol. The zero-order valence-electron chi connectivity index (χ0n) is 15.4. The predicted molar refractivity (Wildman–Crippen MR) is 101 cm³/mol. The van der Waals surface area contributed by atoms with Crippen LogP contribution < -0.4 is 0 Å². The van der Waals surface area contributed by atoms with Gasteiger partial charge in [0.25, 0.3) is 0 Å². The maximum Gasteiger partial charge on any atom is 0.224 e. The second kappa shape index (κ2) is 6.83. The molecule has 1 unspecified atom stereocenters. The van der Waals surface area contributed by atoms with Crippen molar-refractivity contribution < 1.29 is 4.79 Å². The zero-order chi connectivity index (χ0) is 17.4. The first-order valence-corrected chi connectivity index (χ1v) is 9.68. The van der Waals surface area contributed by atoms with E-state index in [0.29, 0.717) is 24.3 Å².